The van der Waals surface area contributed by atoms with Crippen molar-refractivity contribution in [3.8, 4) is 34.2 Å². The molecular formula is C51H47N3O. The molecule has 0 atom stereocenters. The van der Waals surface area contributed by atoms with Crippen molar-refractivity contribution in [3.05, 3.63) is 139 Å². The fourth-order valence-electron chi connectivity index (χ4n) is 8.64. The minimum Gasteiger partial charge on any atom is -0.455 e. The molecule has 2 aromatic heterocycles. The van der Waals surface area contributed by atoms with Crippen molar-refractivity contribution in [1.82, 2.24) is 15.0 Å². The first-order valence-electron chi connectivity index (χ1n) is 20.3. The fraction of sp³-hybridized carbons (Fsp3) is 0.235. The Morgan fingerprint density at radius 2 is 0.982 bits per heavy atom. The summed E-state index contributed by atoms with van der Waals surface area (Å²) < 4.78 is 6.84. The van der Waals surface area contributed by atoms with E-state index in [1.165, 1.54) is 87.5 Å². The number of aromatic nitrogens is 3. The Balaban J connectivity index is 1.43. The molecular weight excluding hydrogens is 671 g/mol. The first-order valence-corrected chi connectivity index (χ1v) is 20.3. The molecule has 0 spiro atoms. The van der Waals surface area contributed by atoms with Crippen molar-refractivity contribution >= 4 is 54.3 Å². The van der Waals surface area contributed by atoms with Crippen LogP contribution in [0.25, 0.3) is 88.4 Å². The molecule has 9 rings (SSSR count). The Morgan fingerprint density at radius 3 is 1.65 bits per heavy atom. The lowest BCUT2D eigenvalue weighted by Crippen LogP contribution is -2.06. The molecule has 0 saturated carbocycles. The first kappa shape index (κ1) is 34.9. The van der Waals surface area contributed by atoms with Crippen molar-refractivity contribution in [2.75, 3.05) is 0 Å². The molecule has 4 heteroatoms. The van der Waals surface area contributed by atoms with Gasteiger partial charge in [-0.05, 0) is 81.9 Å². The van der Waals surface area contributed by atoms with E-state index in [0.29, 0.717) is 11.6 Å². The third kappa shape index (κ3) is 6.54. The van der Waals surface area contributed by atoms with E-state index in [4.69, 9.17) is 19.4 Å². The van der Waals surface area contributed by atoms with Crippen molar-refractivity contribution in [3.63, 3.8) is 0 Å². The molecule has 0 unspecified atom stereocenters. The molecule has 0 N–H and O–H groups in total. The van der Waals surface area contributed by atoms with Crippen LogP contribution in [0, 0.1) is 0 Å². The van der Waals surface area contributed by atoms with Crippen LogP contribution in [-0.2, 0) is 12.8 Å². The molecule has 0 saturated heterocycles. The first-order chi connectivity index (χ1) is 27.2. The number of hydrogen-bond donors (Lipinski definition) is 0. The van der Waals surface area contributed by atoms with E-state index in [2.05, 4.69) is 129 Å². The second-order valence-electron chi connectivity index (χ2n) is 15.0. The SMILES string of the molecule is CCCCCCc1cc2c(c(CCCCCC)c1-c1nc(-c3ccccc3)nc(-c3ccccc3)n1)c1ccccc1c1ccc3c4ccccc4oc3c12. The molecule has 0 aliphatic heterocycles. The zero-order chi connectivity index (χ0) is 37.1. The van der Waals surface area contributed by atoms with Crippen LogP contribution in [-0.4, -0.2) is 15.0 Å². The highest BCUT2D eigenvalue weighted by atomic mass is 16.3. The lowest BCUT2D eigenvalue weighted by molar-refractivity contribution is 0.663. The summed E-state index contributed by atoms with van der Waals surface area (Å²) in [5.74, 6) is 2.16. The fourth-order valence-corrected chi connectivity index (χ4v) is 8.64. The Kier molecular flexibility index (Phi) is 9.81. The van der Waals surface area contributed by atoms with Gasteiger partial charge in [0, 0.05) is 32.8 Å². The number of furan rings is 1. The van der Waals surface area contributed by atoms with Gasteiger partial charge in [0.2, 0.25) is 0 Å². The summed E-state index contributed by atoms with van der Waals surface area (Å²) in [5.41, 5.74) is 7.70. The predicted molar refractivity (Wildman–Crippen MR) is 232 cm³/mol. The zero-order valence-electron chi connectivity index (χ0n) is 31.9. The van der Waals surface area contributed by atoms with Gasteiger partial charge >= 0.3 is 0 Å². The van der Waals surface area contributed by atoms with Gasteiger partial charge in [-0.2, -0.15) is 0 Å². The van der Waals surface area contributed by atoms with Gasteiger partial charge in [0.25, 0.3) is 0 Å². The molecule has 4 nitrogen and oxygen atoms in total. The number of hydrogen-bond acceptors (Lipinski definition) is 4. The monoisotopic (exact) mass is 717 g/mol. The van der Waals surface area contributed by atoms with Gasteiger partial charge in [-0.25, -0.2) is 15.0 Å². The summed E-state index contributed by atoms with van der Waals surface area (Å²) in [5, 5.41) is 9.82. The average Bonchev–Trinajstić information content (AvgIpc) is 3.63. The van der Waals surface area contributed by atoms with Crippen LogP contribution in [0.1, 0.15) is 76.3 Å². The van der Waals surface area contributed by atoms with Crippen LogP contribution in [0.2, 0.25) is 0 Å². The molecule has 9 aromatic rings. The third-order valence-electron chi connectivity index (χ3n) is 11.3. The second kappa shape index (κ2) is 15.5. The van der Waals surface area contributed by atoms with E-state index in [-0.39, 0.29) is 0 Å². The number of fused-ring (bicyclic) bond motifs is 10. The maximum Gasteiger partial charge on any atom is 0.164 e. The van der Waals surface area contributed by atoms with E-state index in [1.807, 2.05) is 12.1 Å². The predicted octanol–water partition coefficient (Wildman–Crippen LogP) is 14.5. The third-order valence-corrected chi connectivity index (χ3v) is 11.3. The molecule has 0 amide bonds. The molecule has 2 heterocycles. The van der Waals surface area contributed by atoms with E-state index in [0.717, 1.165) is 64.6 Å². The summed E-state index contributed by atoms with van der Waals surface area (Å²) in [7, 11) is 0. The molecule has 7 aromatic carbocycles. The van der Waals surface area contributed by atoms with E-state index < -0.39 is 0 Å². The van der Waals surface area contributed by atoms with E-state index in [1.54, 1.807) is 0 Å². The topological polar surface area (TPSA) is 51.8 Å². The number of benzene rings is 7. The Morgan fingerprint density at radius 1 is 0.436 bits per heavy atom. The van der Waals surface area contributed by atoms with Crippen molar-refractivity contribution in [2.24, 2.45) is 0 Å². The van der Waals surface area contributed by atoms with Crippen LogP contribution < -0.4 is 0 Å². The highest BCUT2D eigenvalue weighted by molar-refractivity contribution is 6.33. The van der Waals surface area contributed by atoms with Gasteiger partial charge in [-0.1, -0.05) is 162 Å². The summed E-state index contributed by atoms with van der Waals surface area (Å²) in [6.45, 7) is 4.57. The summed E-state index contributed by atoms with van der Waals surface area (Å²) in [4.78, 5) is 15.9. The smallest absolute Gasteiger partial charge is 0.164 e. The molecule has 55 heavy (non-hydrogen) atoms. The van der Waals surface area contributed by atoms with Crippen LogP contribution in [0.15, 0.2) is 132 Å². The average molecular weight is 718 g/mol. The molecule has 0 bridgehead atoms. The van der Waals surface area contributed by atoms with Crippen molar-refractivity contribution < 1.29 is 4.42 Å². The lowest BCUT2D eigenvalue weighted by atomic mass is 9.83. The highest BCUT2D eigenvalue weighted by Gasteiger charge is 2.24. The van der Waals surface area contributed by atoms with E-state index >= 15 is 0 Å². The standard InChI is InChI=1S/C51H47N3O/c1-3-5-7-11-25-36-33-43-46(39-28-18-17-26-37(39)40-31-32-41-38-27-19-20-30-44(38)55-48(41)47(40)43)42(29-16-8-6-4-2)45(36)51-53-49(34-21-12-9-13-22-34)52-50(54-51)35-23-14-10-15-24-35/h9-10,12-15,17-24,26-28,30-33H,3-8,11,16,25,29H2,1-2H3. The molecule has 0 aliphatic rings. The molecule has 0 fully saturated rings. The number of nitrogens with zero attached hydrogens (tertiary/aromatic N) is 3. The van der Waals surface area contributed by atoms with Gasteiger partial charge in [-0.15, -0.1) is 0 Å². The molecule has 0 radical (unpaired) electrons. The Bertz CT molecular complexity index is 2730. The van der Waals surface area contributed by atoms with Gasteiger partial charge in [0.15, 0.2) is 17.5 Å². The van der Waals surface area contributed by atoms with Gasteiger partial charge in [0.1, 0.15) is 11.2 Å². The largest absolute Gasteiger partial charge is 0.455 e. The molecule has 0 aliphatic carbocycles. The minimum absolute atomic E-state index is 0.700. The van der Waals surface area contributed by atoms with Crippen LogP contribution in [0.5, 0.6) is 0 Å². The van der Waals surface area contributed by atoms with Crippen LogP contribution in [0.3, 0.4) is 0 Å². The van der Waals surface area contributed by atoms with Crippen molar-refractivity contribution in [2.45, 2.75) is 78.1 Å². The summed E-state index contributed by atoms with van der Waals surface area (Å²) in [6.07, 6.45) is 11.3. The molecule has 272 valence electrons. The maximum absolute atomic E-state index is 6.84. The normalized spacial score (nSPS) is 11.8. The van der Waals surface area contributed by atoms with Gasteiger partial charge in [0.05, 0.1) is 0 Å². The van der Waals surface area contributed by atoms with Gasteiger partial charge < -0.3 is 4.42 Å². The second-order valence-corrected chi connectivity index (χ2v) is 15.0. The van der Waals surface area contributed by atoms with Crippen LogP contribution in [0.4, 0.5) is 0 Å². The highest BCUT2D eigenvalue weighted by Crippen LogP contribution is 2.46. The Labute approximate surface area is 323 Å². The van der Waals surface area contributed by atoms with Gasteiger partial charge in [-0.3, -0.25) is 0 Å². The minimum atomic E-state index is 0.700. The summed E-state index contributed by atoms with van der Waals surface area (Å²) in [6, 6.07) is 45.2. The maximum atomic E-state index is 6.84. The quantitative estimate of drug-likeness (QED) is 0.0880. The number of aryl methyl sites for hydroxylation is 2. The number of unbranched alkanes of at least 4 members (excludes halogenated alkanes) is 6. The zero-order valence-corrected chi connectivity index (χ0v) is 31.9. The van der Waals surface area contributed by atoms with E-state index in [9.17, 15) is 0 Å². The Hall–Kier alpha value is -5.87. The van der Waals surface area contributed by atoms with Crippen LogP contribution >= 0.6 is 0 Å². The number of para-hydroxylation sites is 1. The number of rotatable bonds is 13. The lowest BCUT2D eigenvalue weighted by Gasteiger charge is -2.21. The summed E-state index contributed by atoms with van der Waals surface area (Å²) >= 11 is 0. The van der Waals surface area contributed by atoms with Crippen molar-refractivity contribution in [1.29, 1.82) is 0 Å².